The zero-order valence-corrected chi connectivity index (χ0v) is 22.0. The van der Waals surface area contributed by atoms with Gasteiger partial charge in [0.2, 0.25) is 0 Å². The number of halogens is 6. The molecule has 3 heterocycles. The third-order valence-electron chi connectivity index (χ3n) is 6.29. The van der Waals surface area contributed by atoms with Crippen molar-refractivity contribution in [3.05, 3.63) is 76.9 Å². The number of aromatic nitrogens is 3. The first kappa shape index (κ1) is 29.9. The van der Waals surface area contributed by atoms with Gasteiger partial charge in [0.05, 0.1) is 46.3 Å². The van der Waals surface area contributed by atoms with Crippen LogP contribution in [0.4, 0.5) is 26.3 Å². The van der Waals surface area contributed by atoms with Crippen molar-refractivity contribution in [3.8, 4) is 11.4 Å². The van der Waals surface area contributed by atoms with Crippen LogP contribution in [0.1, 0.15) is 64.3 Å². The number of benzene rings is 1. The molecular formula is C27H25F6N5O3. The Kier molecular flexibility index (Phi) is 8.34. The molecular weight excluding hydrogens is 556 g/mol. The molecule has 0 spiro atoms. The molecule has 1 aromatic carbocycles. The largest absolute Gasteiger partial charge is 0.416 e. The van der Waals surface area contributed by atoms with Crippen molar-refractivity contribution in [1.82, 2.24) is 25.2 Å². The summed E-state index contributed by atoms with van der Waals surface area (Å²) in [4.78, 5) is 40.2. The van der Waals surface area contributed by atoms with Gasteiger partial charge < -0.3 is 15.0 Å². The number of nitrogens with one attached hydrogen (secondary N) is 1. The number of alkyl halides is 6. The molecule has 41 heavy (non-hydrogen) atoms. The molecule has 0 radical (unpaired) electrons. The van der Waals surface area contributed by atoms with Gasteiger partial charge in [0, 0.05) is 37.2 Å². The van der Waals surface area contributed by atoms with Gasteiger partial charge in [-0.05, 0) is 51.1 Å². The molecule has 2 amide bonds. The molecule has 218 valence electrons. The lowest BCUT2D eigenvalue weighted by Crippen LogP contribution is -2.48. The Balaban J connectivity index is 1.56. The fourth-order valence-electron chi connectivity index (χ4n) is 4.48. The first-order valence-electron chi connectivity index (χ1n) is 12.5. The Bertz CT molecular complexity index is 1390. The monoisotopic (exact) mass is 581 g/mol. The molecule has 1 aliphatic rings. The SMILES string of the molecule is CC1CN(C(=O)c2ccc(-c3nccnc3C(C)NC(=O)c3cc(C(F)(F)F)cc(C(F)(F)F)c3)nc2)CC(C)O1. The second kappa shape index (κ2) is 11.4. The van der Waals surface area contributed by atoms with Crippen LogP contribution in [0.5, 0.6) is 0 Å². The van der Waals surface area contributed by atoms with E-state index in [0.717, 1.165) is 0 Å². The quantitative estimate of drug-likeness (QED) is 0.410. The molecule has 0 saturated carbocycles. The topological polar surface area (TPSA) is 97.3 Å². The van der Waals surface area contributed by atoms with E-state index in [4.69, 9.17) is 4.74 Å². The van der Waals surface area contributed by atoms with Crippen molar-refractivity contribution < 1.29 is 40.7 Å². The van der Waals surface area contributed by atoms with E-state index in [2.05, 4.69) is 20.3 Å². The van der Waals surface area contributed by atoms with Crippen LogP contribution in [-0.2, 0) is 17.1 Å². The minimum atomic E-state index is -5.10. The van der Waals surface area contributed by atoms with Crippen molar-refractivity contribution >= 4 is 11.8 Å². The lowest BCUT2D eigenvalue weighted by molar-refractivity contribution is -0.143. The maximum atomic E-state index is 13.2. The van der Waals surface area contributed by atoms with Crippen molar-refractivity contribution in [2.24, 2.45) is 0 Å². The summed E-state index contributed by atoms with van der Waals surface area (Å²) in [5, 5.41) is 2.38. The minimum absolute atomic E-state index is 0.0543. The highest BCUT2D eigenvalue weighted by molar-refractivity contribution is 5.95. The number of carbonyl (C=O) groups is 2. The fraction of sp³-hybridized carbons (Fsp3) is 0.370. The van der Waals surface area contributed by atoms with Gasteiger partial charge in [-0.15, -0.1) is 0 Å². The van der Waals surface area contributed by atoms with Crippen LogP contribution in [0.15, 0.2) is 48.9 Å². The van der Waals surface area contributed by atoms with E-state index in [1.165, 1.54) is 31.6 Å². The number of ether oxygens (including phenoxy) is 1. The smallest absolute Gasteiger partial charge is 0.372 e. The molecule has 1 saturated heterocycles. The molecule has 8 nitrogen and oxygen atoms in total. The van der Waals surface area contributed by atoms with Crippen LogP contribution in [-0.4, -0.2) is 57.0 Å². The summed E-state index contributed by atoms with van der Waals surface area (Å²) in [7, 11) is 0. The summed E-state index contributed by atoms with van der Waals surface area (Å²) in [6.07, 6.45) is -6.41. The second-order valence-electron chi connectivity index (χ2n) is 9.68. The van der Waals surface area contributed by atoms with Crippen molar-refractivity contribution in [1.29, 1.82) is 0 Å². The Morgan fingerprint density at radius 1 is 0.902 bits per heavy atom. The number of hydrogen-bond acceptors (Lipinski definition) is 6. The highest BCUT2D eigenvalue weighted by Gasteiger charge is 2.37. The second-order valence-corrected chi connectivity index (χ2v) is 9.68. The van der Waals surface area contributed by atoms with E-state index in [-0.39, 0.29) is 41.3 Å². The standard InChI is InChI=1S/C27H25F6N5O3/c1-14-12-38(13-15(2)41-14)25(40)17-4-5-21(36-11-17)23-22(34-6-7-35-23)16(3)37-24(39)18-8-19(26(28,29)30)10-20(9-18)27(31,32)33/h4-11,14-16H,12-13H2,1-3H3,(H,37,39). The number of nitrogens with zero attached hydrogens (tertiary/aromatic N) is 4. The van der Waals surface area contributed by atoms with Gasteiger partial charge in [0.15, 0.2) is 0 Å². The minimum Gasteiger partial charge on any atom is -0.372 e. The molecule has 3 unspecified atom stereocenters. The van der Waals surface area contributed by atoms with Crippen LogP contribution in [0.2, 0.25) is 0 Å². The zero-order valence-electron chi connectivity index (χ0n) is 22.0. The van der Waals surface area contributed by atoms with Crippen LogP contribution >= 0.6 is 0 Å². The van der Waals surface area contributed by atoms with Crippen LogP contribution in [0.3, 0.4) is 0 Å². The Morgan fingerprint density at radius 3 is 2.02 bits per heavy atom. The van der Waals surface area contributed by atoms with Gasteiger partial charge in [0.25, 0.3) is 11.8 Å². The van der Waals surface area contributed by atoms with E-state index in [1.54, 1.807) is 11.0 Å². The number of pyridine rings is 1. The van der Waals surface area contributed by atoms with Gasteiger partial charge in [-0.3, -0.25) is 24.5 Å². The maximum Gasteiger partial charge on any atom is 0.416 e. The molecule has 1 N–H and O–H groups in total. The van der Waals surface area contributed by atoms with Gasteiger partial charge >= 0.3 is 12.4 Å². The Hall–Kier alpha value is -4.07. The highest BCUT2D eigenvalue weighted by Crippen LogP contribution is 2.36. The van der Waals surface area contributed by atoms with Gasteiger partial charge in [0.1, 0.15) is 5.69 Å². The molecule has 3 aromatic rings. The Labute approximate surface area is 230 Å². The molecule has 1 aliphatic heterocycles. The van der Waals surface area contributed by atoms with Crippen LogP contribution in [0, 0.1) is 0 Å². The van der Waals surface area contributed by atoms with E-state index >= 15 is 0 Å². The van der Waals surface area contributed by atoms with Crippen LogP contribution < -0.4 is 5.32 Å². The fourth-order valence-corrected chi connectivity index (χ4v) is 4.48. The molecule has 0 aliphatic carbocycles. The van der Waals surface area contributed by atoms with Crippen molar-refractivity contribution in [2.45, 2.75) is 51.4 Å². The first-order chi connectivity index (χ1) is 19.1. The summed E-state index contributed by atoms with van der Waals surface area (Å²) in [6, 6.07) is 2.74. The number of hydrogen-bond donors (Lipinski definition) is 1. The Morgan fingerprint density at radius 2 is 1.49 bits per heavy atom. The maximum absolute atomic E-state index is 13.2. The van der Waals surface area contributed by atoms with E-state index in [1.807, 2.05) is 13.8 Å². The average Bonchev–Trinajstić information content (AvgIpc) is 2.91. The lowest BCUT2D eigenvalue weighted by Gasteiger charge is -2.35. The van der Waals surface area contributed by atoms with Crippen molar-refractivity contribution in [2.75, 3.05) is 13.1 Å². The van der Waals surface area contributed by atoms with Crippen molar-refractivity contribution in [3.63, 3.8) is 0 Å². The molecule has 0 bridgehead atoms. The summed E-state index contributed by atoms with van der Waals surface area (Å²) in [6.45, 7) is 6.03. The highest BCUT2D eigenvalue weighted by atomic mass is 19.4. The predicted octanol–water partition coefficient (Wildman–Crippen LogP) is 5.32. The number of morpholine rings is 1. The van der Waals surface area contributed by atoms with E-state index in [9.17, 15) is 35.9 Å². The third kappa shape index (κ3) is 6.99. The summed E-state index contributed by atoms with van der Waals surface area (Å²) in [5.74, 6) is -1.40. The number of carbonyl (C=O) groups excluding carboxylic acids is 2. The van der Waals surface area contributed by atoms with E-state index < -0.39 is 41.0 Å². The predicted molar refractivity (Wildman–Crippen MR) is 134 cm³/mol. The normalized spacial score (nSPS) is 18.6. The summed E-state index contributed by atoms with van der Waals surface area (Å²) >= 11 is 0. The first-order valence-corrected chi connectivity index (χ1v) is 12.5. The van der Waals surface area contributed by atoms with Gasteiger partial charge in [-0.25, -0.2) is 0 Å². The van der Waals surface area contributed by atoms with Gasteiger partial charge in [-0.1, -0.05) is 0 Å². The summed E-state index contributed by atoms with van der Waals surface area (Å²) < 4.78 is 85.1. The number of rotatable bonds is 5. The summed E-state index contributed by atoms with van der Waals surface area (Å²) in [5.41, 5.74) is -3.06. The average molecular weight is 582 g/mol. The lowest BCUT2D eigenvalue weighted by atomic mass is 10.0. The molecule has 3 atom stereocenters. The molecule has 1 fully saturated rings. The third-order valence-corrected chi connectivity index (χ3v) is 6.29. The molecule has 4 rings (SSSR count). The zero-order chi connectivity index (χ0) is 30.1. The van der Waals surface area contributed by atoms with Gasteiger partial charge in [-0.2, -0.15) is 26.3 Å². The van der Waals surface area contributed by atoms with E-state index in [0.29, 0.717) is 30.8 Å². The van der Waals surface area contributed by atoms with Crippen LogP contribution in [0.25, 0.3) is 11.4 Å². The molecule has 14 heteroatoms. The molecule has 2 aromatic heterocycles. The number of amides is 2.